The number of phenolic OH excluding ortho intramolecular Hbond substituents is 1. The minimum atomic E-state index is -0.133. The molecular weight excluding hydrogens is 344 g/mol. The first kappa shape index (κ1) is 19.0. The van der Waals surface area contributed by atoms with E-state index in [9.17, 15) is 14.7 Å². The second-order valence-corrected chi connectivity index (χ2v) is 7.21. The molecule has 1 aromatic heterocycles. The van der Waals surface area contributed by atoms with Crippen LogP contribution in [-0.4, -0.2) is 34.9 Å². The molecule has 0 radical (unpaired) electrons. The van der Waals surface area contributed by atoms with Crippen LogP contribution in [0.15, 0.2) is 34.7 Å². The van der Waals surface area contributed by atoms with Crippen LogP contribution in [-0.2, 0) is 0 Å². The van der Waals surface area contributed by atoms with Crippen LogP contribution in [0.5, 0.6) is 5.75 Å². The fourth-order valence-electron chi connectivity index (χ4n) is 3.64. The molecule has 1 atom stereocenters. The third-order valence-electron chi connectivity index (χ3n) is 5.19. The van der Waals surface area contributed by atoms with Gasteiger partial charge in [-0.2, -0.15) is 0 Å². The average molecular weight is 370 g/mol. The number of nitrogens with zero attached hydrogens (tertiary/aromatic N) is 1. The van der Waals surface area contributed by atoms with Crippen LogP contribution in [0.2, 0.25) is 0 Å². The first-order chi connectivity index (χ1) is 12.8. The van der Waals surface area contributed by atoms with E-state index in [2.05, 4.69) is 5.32 Å². The van der Waals surface area contributed by atoms with Gasteiger partial charge in [0.05, 0.1) is 6.04 Å². The number of aromatic hydroxyl groups is 1. The molecule has 2 N–H and O–H groups in total. The van der Waals surface area contributed by atoms with Crippen molar-refractivity contribution in [2.45, 2.75) is 39.7 Å². The van der Waals surface area contributed by atoms with Gasteiger partial charge in [-0.05, 0) is 63.9 Å². The van der Waals surface area contributed by atoms with Gasteiger partial charge < -0.3 is 19.7 Å². The lowest BCUT2D eigenvalue weighted by atomic mass is 9.89. The molecule has 6 heteroatoms. The zero-order valence-electron chi connectivity index (χ0n) is 16.0. The molecule has 1 aliphatic heterocycles. The Morgan fingerprint density at radius 3 is 2.37 bits per heavy atom. The third kappa shape index (κ3) is 4.32. The Labute approximate surface area is 159 Å². The minimum Gasteiger partial charge on any atom is -0.508 e. The number of urea groups is 1. The molecule has 2 amide bonds. The fraction of sp³-hybridized carbons (Fsp3) is 0.429. The number of hydrogen-bond acceptors (Lipinski definition) is 4. The van der Waals surface area contributed by atoms with Crippen LogP contribution in [0.1, 0.15) is 53.2 Å². The number of benzene rings is 1. The van der Waals surface area contributed by atoms with E-state index in [-0.39, 0.29) is 29.5 Å². The number of hydrogen-bond donors (Lipinski definition) is 2. The molecule has 0 saturated carbocycles. The largest absolute Gasteiger partial charge is 0.508 e. The number of likely N-dealkylation sites (tertiary alicyclic amines) is 1. The highest BCUT2D eigenvalue weighted by Crippen LogP contribution is 2.24. The van der Waals surface area contributed by atoms with E-state index in [4.69, 9.17) is 4.42 Å². The van der Waals surface area contributed by atoms with Crippen LogP contribution >= 0.6 is 0 Å². The topological polar surface area (TPSA) is 82.8 Å². The number of amides is 2. The van der Waals surface area contributed by atoms with E-state index in [0.717, 1.165) is 17.1 Å². The van der Waals surface area contributed by atoms with Gasteiger partial charge in [0.15, 0.2) is 5.78 Å². The molecule has 2 aromatic rings. The molecule has 0 aliphatic carbocycles. The molecule has 2 heterocycles. The van der Waals surface area contributed by atoms with E-state index < -0.39 is 0 Å². The Morgan fingerprint density at radius 1 is 1.19 bits per heavy atom. The van der Waals surface area contributed by atoms with Crippen LogP contribution in [0.4, 0.5) is 4.79 Å². The number of rotatable bonds is 4. The Balaban J connectivity index is 1.54. The number of carbonyl (C=O) groups is 2. The summed E-state index contributed by atoms with van der Waals surface area (Å²) in [6.07, 6.45) is 1.29. The summed E-state index contributed by atoms with van der Waals surface area (Å²) in [6.45, 7) is 6.83. The average Bonchev–Trinajstić information content (AvgIpc) is 3.00. The van der Waals surface area contributed by atoms with Crippen LogP contribution < -0.4 is 5.32 Å². The van der Waals surface area contributed by atoms with Crippen molar-refractivity contribution in [3.8, 4) is 5.75 Å². The van der Waals surface area contributed by atoms with Gasteiger partial charge in [0.2, 0.25) is 0 Å². The summed E-state index contributed by atoms with van der Waals surface area (Å²) >= 11 is 0. The van der Waals surface area contributed by atoms with Gasteiger partial charge in [-0.25, -0.2) is 4.79 Å². The number of ketones is 1. The second kappa shape index (κ2) is 7.86. The quantitative estimate of drug-likeness (QED) is 0.798. The third-order valence-corrected chi connectivity index (χ3v) is 5.19. The van der Waals surface area contributed by atoms with E-state index >= 15 is 0 Å². The molecule has 1 aromatic carbocycles. The van der Waals surface area contributed by atoms with Gasteiger partial charge in [-0.3, -0.25) is 4.79 Å². The Morgan fingerprint density at radius 2 is 1.81 bits per heavy atom. The van der Waals surface area contributed by atoms with Gasteiger partial charge in [0.1, 0.15) is 17.3 Å². The summed E-state index contributed by atoms with van der Waals surface area (Å²) < 4.78 is 5.53. The number of nitrogens with one attached hydrogen (secondary N) is 1. The molecule has 1 saturated heterocycles. The molecule has 1 aliphatic rings. The lowest BCUT2D eigenvalue weighted by Gasteiger charge is -2.32. The van der Waals surface area contributed by atoms with Gasteiger partial charge in [0.25, 0.3) is 0 Å². The molecule has 1 fully saturated rings. The monoisotopic (exact) mass is 370 g/mol. The summed E-state index contributed by atoms with van der Waals surface area (Å²) in [5.41, 5.74) is 1.59. The summed E-state index contributed by atoms with van der Waals surface area (Å²) in [5.74, 6) is 1.79. The predicted molar refractivity (Wildman–Crippen MR) is 102 cm³/mol. The molecule has 6 nitrogen and oxygen atoms in total. The fourth-order valence-corrected chi connectivity index (χ4v) is 3.64. The van der Waals surface area contributed by atoms with Crippen molar-refractivity contribution in [2.75, 3.05) is 13.1 Å². The highest BCUT2D eigenvalue weighted by molar-refractivity contribution is 5.98. The van der Waals surface area contributed by atoms with Crippen molar-refractivity contribution >= 4 is 11.8 Å². The molecule has 3 rings (SSSR count). The Hall–Kier alpha value is -2.76. The van der Waals surface area contributed by atoms with Gasteiger partial charge >= 0.3 is 6.03 Å². The number of furan rings is 1. The highest BCUT2D eigenvalue weighted by Gasteiger charge is 2.28. The minimum absolute atomic E-state index is 0.0768. The number of Topliss-reactive ketones (excluding diaryl/α,β-unsaturated/α-hetero) is 1. The van der Waals surface area contributed by atoms with Gasteiger partial charge in [-0.15, -0.1) is 0 Å². The molecule has 1 unspecified atom stereocenters. The molecule has 0 spiro atoms. The maximum absolute atomic E-state index is 12.6. The van der Waals surface area contributed by atoms with Gasteiger partial charge in [-0.1, -0.05) is 0 Å². The standard InChI is InChI=1S/C21H26N2O4/c1-13-12-19(15(3)27-13)14(2)22-21(26)23-10-8-17(9-11-23)20(25)16-4-6-18(24)7-5-16/h4-7,12,14,17,24H,8-11H2,1-3H3,(H,22,26). The van der Waals surface area contributed by atoms with Crippen molar-refractivity contribution in [1.82, 2.24) is 10.2 Å². The number of carbonyl (C=O) groups excluding carboxylic acids is 2. The summed E-state index contributed by atoms with van der Waals surface area (Å²) in [4.78, 5) is 26.9. The van der Waals surface area contributed by atoms with E-state index in [1.54, 1.807) is 17.0 Å². The van der Waals surface area contributed by atoms with Crippen molar-refractivity contribution < 1.29 is 19.1 Å². The smallest absolute Gasteiger partial charge is 0.317 e. The zero-order chi connectivity index (χ0) is 19.6. The second-order valence-electron chi connectivity index (χ2n) is 7.21. The van der Waals surface area contributed by atoms with Crippen LogP contribution in [0.25, 0.3) is 0 Å². The molecule has 144 valence electrons. The first-order valence-corrected chi connectivity index (χ1v) is 9.30. The lowest BCUT2D eigenvalue weighted by molar-refractivity contribution is 0.0853. The van der Waals surface area contributed by atoms with E-state index in [1.165, 1.54) is 12.1 Å². The van der Waals surface area contributed by atoms with Crippen LogP contribution in [0, 0.1) is 19.8 Å². The maximum atomic E-state index is 12.6. The van der Waals surface area contributed by atoms with Crippen LogP contribution in [0.3, 0.4) is 0 Å². The summed E-state index contributed by atoms with van der Waals surface area (Å²) in [5, 5.41) is 12.4. The number of phenols is 1. The predicted octanol–water partition coefficient (Wildman–Crippen LogP) is 3.97. The van der Waals surface area contributed by atoms with E-state index in [0.29, 0.717) is 31.5 Å². The first-order valence-electron chi connectivity index (χ1n) is 9.30. The zero-order valence-corrected chi connectivity index (χ0v) is 16.0. The summed E-state index contributed by atoms with van der Waals surface area (Å²) in [6, 6.07) is 8.04. The van der Waals surface area contributed by atoms with Crippen molar-refractivity contribution in [2.24, 2.45) is 5.92 Å². The van der Waals surface area contributed by atoms with Gasteiger partial charge in [0, 0.05) is 30.1 Å². The summed E-state index contributed by atoms with van der Waals surface area (Å²) in [7, 11) is 0. The normalized spacial score (nSPS) is 16.2. The van der Waals surface area contributed by atoms with Crippen molar-refractivity contribution in [3.05, 3.63) is 53.0 Å². The Bertz CT molecular complexity index is 817. The number of aryl methyl sites for hydroxylation is 2. The maximum Gasteiger partial charge on any atom is 0.317 e. The molecule has 27 heavy (non-hydrogen) atoms. The Kier molecular flexibility index (Phi) is 5.54. The number of piperidine rings is 1. The molecular formula is C21H26N2O4. The van der Waals surface area contributed by atoms with E-state index in [1.807, 2.05) is 26.8 Å². The lowest BCUT2D eigenvalue weighted by Crippen LogP contribution is -2.46. The molecule has 0 bridgehead atoms. The van der Waals surface area contributed by atoms with Crippen molar-refractivity contribution in [3.63, 3.8) is 0 Å². The highest BCUT2D eigenvalue weighted by atomic mass is 16.3. The SMILES string of the molecule is Cc1cc(C(C)NC(=O)N2CCC(C(=O)c3ccc(O)cc3)CC2)c(C)o1. The van der Waals surface area contributed by atoms with Crippen molar-refractivity contribution in [1.29, 1.82) is 0 Å².